The summed E-state index contributed by atoms with van der Waals surface area (Å²) in [5.74, 6) is 0. The Kier molecular flexibility index (Phi) is 2.95. The largest absolute Gasteiger partial charge is 0.456 e. The molecular formula is C29H18N2O2. The Balaban J connectivity index is 1.57. The number of nitrogens with zero attached hydrogens (tertiary/aromatic N) is 2. The fraction of sp³-hybridized carbons (Fsp3) is 0.103. The third kappa shape index (κ3) is 2.06. The minimum atomic E-state index is -0.263. The Bertz CT molecular complexity index is 1960. The Labute approximate surface area is 188 Å². The van der Waals surface area contributed by atoms with Gasteiger partial charge in [-0.3, -0.25) is 0 Å². The molecule has 3 aromatic heterocycles. The van der Waals surface area contributed by atoms with E-state index in [1.54, 1.807) is 6.33 Å². The average Bonchev–Trinajstić information content (AvgIpc) is 3.36. The highest BCUT2D eigenvalue weighted by atomic mass is 16.3. The summed E-state index contributed by atoms with van der Waals surface area (Å²) in [6.45, 7) is 4.56. The molecule has 4 heteroatoms. The number of hydrogen-bond acceptors (Lipinski definition) is 4. The van der Waals surface area contributed by atoms with E-state index >= 15 is 0 Å². The number of fused-ring (bicyclic) bond motifs is 6. The Morgan fingerprint density at radius 3 is 2.33 bits per heavy atom. The molecule has 4 nitrogen and oxygen atoms in total. The van der Waals surface area contributed by atoms with Crippen LogP contribution in [0.5, 0.6) is 0 Å². The maximum absolute atomic E-state index is 6.40. The smallest absolute Gasteiger partial charge is 0.230 e. The molecule has 0 saturated heterocycles. The SMILES string of the molecule is CC1(C)c2cc3c(cc2-c2ncnc4oc5cccc1c5c24)oc1cc2ccccc2cc13. The first-order chi connectivity index (χ1) is 16.1. The van der Waals surface area contributed by atoms with Gasteiger partial charge < -0.3 is 8.83 Å². The van der Waals surface area contributed by atoms with Gasteiger partial charge in [-0.05, 0) is 52.2 Å². The molecule has 0 amide bonds. The lowest BCUT2D eigenvalue weighted by molar-refractivity contribution is 0.637. The second-order valence-electron chi connectivity index (χ2n) is 9.50. The summed E-state index contributed by atoms with van der Waals surface area (Å²) in [5, 5.41) is 6.75. The van der Waals surface area contributed by atoms with E-state index in [0.717, 1.165) is 49.6 Å². The fourth-order valence-corrected chi connectivity index (χ4v) is 5.74. The summed E-state index contributed by atoms with van der Waals surface area (Å²) in [7, 11) is 0. The summed E-state index contributed by atoms with van der Waals surface area (Å²) >= 11 is 0. The molecule has 3 heterocycles. The molecule has 0 unspecified atom stereocenters. The summed E-state index contributed by atoms with van der Waals surface area (Å²) in [4.78, 5) is 9.20. The van der Waals surface area contributed by atoms with Crippen LogP contribution in [0.4, 0.5) is 0 Å². The normalized spacial score (nSPS) is 14.6. The van der Waals surface area contributed by atoms with Crippen LogP contribution in [0.2, 0.25) is 0 Å². The molecule has 156 valence electrons. The highest BCUT2D eigenvalue weighted by molar-refractivity contribution is 6.16. The maximum atomic E-state index is 6.40. The van der Waals surface area contributed by atoms with Gasteiger partial charge in [0.2, 0.25) is 5.71 Å². The number of benzene rings is 4. The molecule has 4 aromatic carbocycles. The fourth-order valence-electron chi connectivity index (χ4n) is 5.74. The van der Waals surface area contributed by atoms with Crippen molar-refractivity contribution < 1.29 is 8.83 Å². The van der Waals surface area contributed by atoms with Crippen LogP contribution in [-0.2, 0) is 5.41 Å². The summed E-state index contributed by atoms with van der Waals surface area (Å²) < 4.78 is 12.5. The van der Waals surface area contributed by atoms with Gasteiger partial charge in [-0.2, -0.15) is 0 Å². The Morgan fingerprint density at radius 1 is 0.667 bits per heavy atom. The van der Waals surface area contributed by atoms with E-state index in [-0.39, 0.29) is 5.41 Å². The van der Waals surface area contributed by atoms with Crippen molar-refractivity contribution in [2.24, 2.45) is 0 Å². The van der Waals surface area contributed by atoms with E-state index in [4.69, 9.17) is 13.8 Å². The summed E-state index contributed by atoms with van der Waals surface area (Å²) in [6.07, 6.45) is 1.59. The van der Waals surface area contributed by atoms with Crippen molar-refractivity contribution in [1.82, 2.24) is 9.97 Å². The van der Waals surface area contributed by atoms with Gasteiger partial charge in [0, 0.05) is 27.1 Å². The molecule has 0 spiro atoms. The standard InChI is InChI=1S/C29H18N2O2/c1-29(2)20-8-5-9-22-25(20)26-27(30-14-31-28(26)33-22)19-13-24-18(12-21(19)29)17-10-15-6-3-4-7-16(15)11-23(17)32-24/h3-14H,1-2H3. The van der Waals surface area contributed by atoms with Gasteiger partial charge in [-0.25, -0.2) is 9.97 Å². The van der Waals surface area contributed by atoms with Crippen LogP contribution in [0.3, 0.4) is 0 Å². The van der Waals surface area contributed by atoms with Gasteiger partial charge in [-0.15, -0.1) is 0 Å². The minimum Gasteiger partial charge on any atom is -0.456 e. The van der Waals surface area contributed by atoms with E-state index in [1.165, 1.54) is 21.9 Å². The number of rotatable bonds is 0. The molecular weight excluding hydrogens is 408 g/mol. The van der Waals surface area contributed by atoms with Crippen LogP contribution in [0.1, 0.15) is 25.0 Å². The highest BCUT2D eigenvalue weighted by Crippen LogP contribution is 2.50. The van der Waals surface area contributed by atoms with E-state index in [2.05, 4.69) is 79.5 Å². The molecule has 0 N–H and O–H groups in total. The molecule has 0 atom stereocenters. The van der Waals surface area contributed by atoms with Gasteiger partial charge in [0.25, 0.3) is 0 Å². The van der Waals surface area contributed by atoms with Crippen LogP contribution >= 0.6 is 0 Å². The van der Waals surface area contributed by atoms with Crippen molar-refractivity contribution in [1.29, 1.82) is 0 Å². The first kappa shape index (κ1) is 17.4. The van der Waals surface area contributed by atoms with Crippen molar-refractivity contribution in [3.63, 3.8) is 0 Å². The summed E-state index contributed by atoms with van der Waals surface area (Å²) in [5.41, 5.74) is 7.42. The van der Waals surface area contributed by atoms with E-state index < -0.39 is 0 Å². The zero-order valence-electron chi connectivity index (χ0n) is 18.1. The Morgan fingerprint density at radius 2 is 1.45 bits per heavy atom. The lowest BCUT2D eigenvalue weighted by Gasteiger charge is -2.27. The summed E-state index contributed by atoms with van der Waals surface area (Å²) in [6, 6.07) is 23.5. The lowest BCUT2D eigenvalue weighted by atomic mass is 9.75. The molecule has 0 fully saturated rings. The van der Waals surface area contributed by atoms with Crippen LogP contribution in [0, 0.1) is 0 Å². The zero-order valence-corrected chi connectivity index (χ0v) is 18.1. The van der Waals surface area contributed by atoms with Crippen LogP contribution in [-0.4, -0.2) is 9.97 Å². The molecule has 0 saturated carbocycles. The molecule has 0 bridgehead atoms. The first-order valence-electron chi connectivity index (χ1n) is 11.2. The van der Waals surface area contributed by atoms with Crippen molar-refractivity contribution in [3.05, 3.63) is 84.2 Å². The third-order valence-electron chi connectivity index (χ3n) is 7.37. The van der Waals surface area contributed by atoms with Crippen molar-refractivity contribution in [3.8, 4) is 11.3 Å². The molecule has 33 heavy (non-hydrogen) atoms. The first-order valence-corrected chi connectivity index (χ1v) is 11.2. The maximum Gasteiger partial charge on any atom is 0.230 e. The van der Waals surface area contributed by atoms with Crippen LogP contribution in [0.25, 0.3) is 66.0 Å². The number of aromatic nitrogens is 2. The number of hydrogen-bond donors (Lipinski definition) is 0. The zero-order chi connectivity index (χ0) is 21.9. The molecule has 0 aliphatic heterocycles. The van der Waals surface area contributed by atoms with Crippen molar-refractivity contribution in [2.45, 2.75) is 19.3 Å². The highest BCUT2D eigenvalue weighted by Gasteiger charge is 2.35. The predicted molar refractivity (Wildman–Crippen MR) is 132 cm³/mol. The Hall–Kier alpha value is -4.18. The lowest BCUT2D eigenvalue weighted by Crippen LogP contribution is -2.19. The second-order valence-corrected chi connectivity index (χ2v) is 9.50. The van der Waals surface area contributed by atoms with Crippen LogP contribution in [0.15, 0.2) is 81.9 Å². The second kappa shape index (κ2) is 5.59. The van der Waals surface area contributed by atoms with Gasteiger partial charge in [-0.1, -0.05) is 50.2 Å². The molecule has 0 radical (unpaired) electrons. The average molecular weight is 426 g/mol. The van der Waals surface area contributed by atoms with E-state index in [1.807, 2.05) is 6.07 Å². The minimum absolute atomic E-state index is 0.263. The topological polar surface area (TPSA) is 52.1 Å². The van der Waals surface area contributed by atoms with Crippen LogP contribution < -0.4 is 0 Å². The van der Waals surface area contributed by atoms with E-state index in [0.29, 0.717) is 5.71 Å². The number of furan rings is 2. The third-order valence-corrected chi connectivity index (χ3v) is 7.37. The van der Waals surface area contributed by atoms with Gasteiger partial charge in [0.15, 0.2) is 0 Å². The monoisotopic (exact) mass is 426 g/mol. The van der Waals surface area contributed by atoms with Crippen molar-refractivity contribution >= 4 is 54.8 Å². The predicted octanol–water partition coefficient (Wildman–Crippen LogP) is 7.73. The van der Waals surface area contributed by atoms with Gasteiger partial charge >= 0.3 is 0 Å². The van der Waals surface area contributed by atoms with E-state index in [9.17, 15) is 0 Å². The van der Waals surface area contributed by atoms with Crippen molar-refractivity contribution in [2.75, 3.05) is 0 Å². The quantitative estimate of drug-likeness (QED) is 0.249. The molecule has 7 aromatic rings. The van der Waals surface area contributed by atoms with Gasteiger partial charge in [0.05, 0.1) is 11.1 Å². The molecule has 8 rings (SSSR count). The molecule has 1 aliphatic carbocycles. The molecule has 1 aliphatic rings. The van der Waals surface area contributed by atoms with Gasteiger partial charge in [0.1, 0.15) is 23.1 Å².